The second kappa shape index (κ2) is 11.0. The van der Waals surface area contributed by atoms with E-state index in [2.05, 4.69) is 24.1 Å². The van der Waals surface area contributed by atoms with Crippen molar-refractivity contribution in [2.75, 3.05) is 38.2 Å². The summed E-state index contributed by atoms with van der Waals surface area (Å²) in [5.74, 6) is 1.37. The average molecular weight is 403 g/mol. The molecule has 2 atom stereocenters. The summed E-state index contributed by atoms with van der Waals surface area (Å²) in [6.07, 6.45) is 8.46. The second-order valence-electron chi connectivity index (χ2n) is 8.77. The van der Waals surface area contributed by atoms with E-state index < -0.39 is 5.60 Å². The van der Waals surface area contributed by atoms with E-state index in [0.29, 0.717) is 12.5 Å². The Balaban J connectivity index is 1.48. The lowest BCUT2D eigenvalue weighted by Crippen LogP contribution is -2.48. The van der Waals surface area contributed by atoms with Crippen molar-refractivity contribution in [3.05, 3.63) is 24.3 Å². The summed E-state index contributed by atoms with van der Waals surface area (Å²) in [5.41, 5.74) is 0.121. The van der Waals surface area contributed by atoms with Gasteiger partial charge in [0, 0.05) is 18.8 Å². The number of anilines is 1. The van der Waals surface area contributed by atoms with Gasteiger partial charge >= 0.3 is 0 Å². The molecular weight excluding hydrogens is 364 g/mol. The molecule has 0 radical (unpaired) electrons. The van der Waals surface area contributed by atoms with Crippen LogP contribution in [0.3, 0.4) is 0 Å². The SMILES string of the molecule is CCCO[C@@]1(C(=O)Nc2ccc(OCCCN3CCCC3)cc2)CCC[C@H](C)C1. The molecule has 1 aromatic carbocycles. The minimum atomic E-state index is -0.682. The summed E-state index contributed by atoms with van der Waals surface area (Å²) < 4.78 is 12.0. The Bertz CT molecular complexity index is 628. The zero-order valence-electron chi connectivity index (χ0n) is 18.3. The van der Waals surface area contributed by atoms with Crippen molar-refractivity contribution in [2.24, 2.45) is 5.92 Å². The number of carbonyl (C=O) groups is 1. The first-order valence-electron chi connectivity index (χ1n) is 11.5. The summed E-state index contributed by atoms with van der Waals surface area (Å²) in [5, 5.41) is 3.09. The minimum absolute atomic E-state index is 0.00298. The van der Waals surface area contributed by atoms with E-state index in [4.69, 9.17) is 9.47 Å². The van der Waals surface area contributed by atoms with Crippen molar-refractivity contribution in [3.8, 4) is 5.75 Å². The molecule has 1 saturated carbocycles. The first-order chi connectivity index (χ1) is 14.1. The number of ether oxygens (including phenoxy) is 2. The van der Waals surface area contributed by atoms with E-state index >= 15 is 0 Å². The molecule has 5 nitrogen and oxygen atoms in total. The molecule has 2 aliphatic rings. The molecule has 1 aromatic rings. The van der Waals surface area contributed by atoms with Crippen LogP contribution in [0.4, 0.5) is 5.69 Å². The molecule has 1 aliphatic carbocycles. The molecule has 1 saturated heterocycles. The molecule has 0 unspecified atom stereocenters. The quantitative estimate of drug-likeness (QED) is 0.568. The zero-order valence-corrected chi connectivity index (χ0v) is 18.3. The number of benzene rings is 1. The smallest absolute Gasteiger partial charge is 0.256 e. The number of rotatable bonds is 10. The fourth-order valence-corrected chi connectivity index (χ4v) is 4.57. The van der Waals surface area contributed by atoms with Gasteiger partial charge in [0.25, 0.3) is 5.91 Å². The summed E-state index contributed by atoms with van der Waals surface area (Å²) in [6.45, 7) is 9.24. The third-order valence-corrected chi connectivity index (χ3v) is 6.15. The van der Waals surface area contributed by atoms with Gasteiger partial charge in [0.1, 0.15) is 11.4 Å². The van der Waals surface area contributed by atoms with Crippen LogP contribution in [0.25, 0.3) is 0 Å². The highest BCUT2D eigenvalue weighted by molar-refractivity contribution is 5.97. The van der Waals surface area contributed by atoms with Crippen molar-refractivity contribution in [1.29, 1.82) is 0 Å². The van der Waals surface area contributed by atoms with Crippen LogP contribution in [-0.4, -0.2) is 49.3 Å². The van der Waals surface area contributed by atoms with Gasteiger partial charge in [-0.15, -0.1) is 0 Å². The highest BCUT2D eigenvalue weighted by Crippen LogP contribution is 2.36. The maximum Gasteiger partial charge on any atom is 0.256 e. The van der Waals surface area contributed by atoms with Crippen LogP contribution >= 0.6 is 0 Å². The largest absolute Gasteiger partial charge is 0.494 e. The van der Waals surface area contributed by atoms with Gasteiger partial charge in [-0.25, -0.2) is 0 Å². The van der Waals surface area contributed by atoms with Crippen LogP contribution in [-0.2, 0) is 9.53 Å². The Labute approximate surface area is 176 Å². The number of nitrogens with one attached hydrogen (secondary N) is 1. The van der Waals surface area contributed by atoms with E-state index in [1.165, 1.54) is 32.4 Å². The van der Waals surface area contributed by atoms with Crippen molar-refractivity contribution >= 4 is 11.6 Å². The second-order valence-corrected chi connectivity index (χ2v) is 8.77. The fraction of sp³-hybridized carbons (Fsp3) is 0.708. The number of likely N-dealkylation sites (tertiary alicyclic amines) is 1. The van der Waals surface area contributed by atoms with Gasteiger partial charge in [0.2, 0.25) is 0 Å². The fourth-order valence-electron chi connectivity index (χ4n) is 4.57. The predicted molar refractivity (Wildman–Crippen MR) is 117 cm³/mol. The van der Waals surface area contributed by atoms with E-state index in [1.807, 2.05) is 24.3 Å². The van der Waals surface area contributed by atoms with Crippen molar-refractivity contribution in [3.63, 3.8) is 0 Å². The molecule has 0 bridgehead atoms. The molecule has 1 heterocycles. The predicted octanol–water partition coefficient (Wildman–Crippen LogP) is 4.87. The topological polar surface area (TPSA) is 50.8 Å². The number of amides is 1. The third kappa shape index (κ3) is 6.45. The van der Waals surface area contributed by atoms with Crippen LogP contribution in [0.5, 0.6) is 5.75 Å². The van der Waals surface area contributed by atoms with Crippen molar-refractivity contribution in [1.82, 2.24) is 4.90 Å². The molecule has 5 heteroatoms. The molecule has 2 fully saturated rings. The van der Waals surface area contributed by atoms with Gasteiger partial charge in [-0.05, 0) is 88.2 Å². The summed E-state index contributed by atoms with van der Waals surface area (Å²) in [6, 6.07) is 7.73. The van der Waals surface area contributed by atoms with Gasteiger partial charge < -0.3 is 19.7 Å². The van der Waals surface area contributed by atoms with Crippen molar-refractivity contribution < 1.29 is 14.3 Å². The van der Waals surface area contributed by atoms with Crippen LogP contribution < -0.4 is 10.1 Å². The molecule has 1 N–H and O–H groups in total. The molecule has 1 aliphatic heterocycles. The molecular formula is C24H38N2O3. The van der Waals surface area contributed by atoms with E-state index in [-0.39, 0.29) is 5.91 Å². The third-order valence-electron chi connectivity index (χ3n) is 6.15. The van der Waals surface area contributed by atoms with Gasteiger partial charge in [-0.1, -0.05) is 20.3 Å². The van der Waals surface area contributed by atoms with Gasteiger partial charge in [-0.3, -0.25) is 4.79 Å². The Kier molecular flexibility index (Phi) is 8.37. The van der Waals surface area contributed by atoms with E-state index in [9.17, 15) is 4.79 Å². The normalized spacial score (nSPS) is 25.1. The number of nitrogens with zero attached hydrogens (tertiary/aromatic N) is 1. The molecule has 1 amide bonds. The number of hydrogen-bond donors (Lipinski definition) is 1. The molecule has 29 heavy (non-hydrogen) atoms. The maximum atomic E-state index is 13.1. The Hall–Kier alpha value is -1.59. The Morgan fingerprint density at radius 3 is 2.62 bits per heavy atom. The molecule has 162 valence electrons. The highest BCUT2D eigenvalue weighted by Gasteiger charge is 2.42. The molecule has 3 rings (SSSR count). The van der Waals surface area contributed by atoms with E-state index in [0.717, 1.165) is 56.7 Å². The van der Waals surface area contributed by atoms with Crippen molar-refractivity contribution in [2.45, 2.75) is 70.8 Å². The first kappa shape index (κ1) is 22.1. The highest BCUT2D eigenvalue weighted by atomic mass is 16.5. The molecule has 0 spiro atoms. The first-order valence-corrected chi connectivity index (χ1v) is 11.5. The number of carbonyl (C=O) groups excluding carboxylic acids is 1. The standard InChI is InChI=1S/C24H38N2O3/c1-3-17-29-24(13-6-8-20(2)19-24)23(27)25-21-9-11-22(12-10-21)28-18-7-16-26-14-4-5-15-26/h9-12,20H,3-8,13-19H2,1-2H3,(H,25,27)/t20-,24-/m0/s1. The lowest BCUT2D eigenvalue weighted by Gasteiger charge is -2.38. The maximum absolute atomic E-state index is 13.1. The van der Waals surface area contributed by atoms with Gasteiger partial charge in [0.15, 0.2) is 0 Å². The zero-order chi connectivity index (χ0) is 20.5. The van der Waals surface area contributed by atoms with Crippen LogP contribution in [0.2, 0.25) is 0 Å². The lowest BCUT2D eigenvalue weighted by atomic mass is 9.78. The Morgan fingerprint density at radius 2 is 1.93 bits per heavy atom. The van der Waals surface area contributed by atoms with Crippen LogP contribution in [0, 0.1) is 5.92 Å². The van der Waals surface area contributed by atoms with Gasteiger partial charge in [-0.2, -0.15) is 0 Å². The minimum Gasteiger partial charge on any atom is -0.494 e. The lowest BCUT2D eigenvalue weighted by molar-refractivity contribution is -0.148. The Morgan fingerprint density at radius 1 is 1.17 bits per heavy atom. The summed E-state index contributed by atoms with van der Waals surface area (Å²) in [4.78, 5) is 15.6. The summed E-state index contributed by atoms with van der Waals surface area (Å²) >= 11 is 0. The van der Waals surface area contributed by atoms with E-state index in [1.54, 1.807) is 0 Å². The summed E-state index contributed by atoms with van der Waals surface area (Å²) in [7, 11) is 0. The molecule has 0 aromatic heterocycles. The number of hydrogen-bond acceptors (Lipinski definition) is 4. The van der Waals surface area contributed by atoms with Gasteiger partial charge in [0.05, 0.1) is 6.61 Å². The van der Waals surface area contributed by atoms with Crippen LogP contribution in [0.1, 0.15) is 65.2 Å². The average Bonchev–Trinajstić information content (AvgIpc) is 3.24. The monoisotopic (exact) mass is 402 g/mol. The van der Waals surface area contributed by atoms with Crippen LogP contribution in [0.15, 0.2) is 24.3 Å².